The second-order valence-corrected chi connectivity index (χ2v) is 4.30. The molecule has 1 saturated heterocycles. The molecule has 0 aromatic heterocycles. The zero-order chi connectivity index (χ0) is 9.30. The molecule has 0 N–H and O–H groups in total. The second-order valence-electron chi connectivity index (χ2n) is 4.30. The van der Waals surface area contributed by atoms with E-state index in [2.05, 4.69) is 44.4 Å². The molecule has 1 heterocycles. The summed E-state index contributed by atoms with van der Waals surface area (Å²) < 4.78 is 0. The molecule has 0 amide bonds. The van der Waals surface area contributed by atoms with Crippen molar-refractivity contribution in [2.24, 2.45) is 0 Å². The van der Waals surface area contributed by atoms with Crippen LogP contribution < -0.4 is 0 Å². The van der Waals surface area contributed by atoms with Crippen LogP contribution in [-0.2, 0) is 0 Å². The average Bonchev–Trinajstić information content (AvgIpc) is 2.30. The molecule has 72 valence electrons. The summed E-state index contributed by atoms with van der Waals surface area (Å²) in [5.74, 6) is 0. The monoisotopic (exact) mass is 170 g/mol. The Balaban J connectivity index is 2.55. The first-order chi connectivity index (χ1) is 5.54. The maximum atomic E-state index is 2.56. The molecule has 0 unspecified atom stereocenters. The van der Waals surface area contributed by atoms with Crippen molar-refractivity contribution in [1.82, 2.24) is 9.80 Å². The highest BCUT2D eigenvalue weighted by Gasteiger charge is 2.30. The second kappa shape index (κ2) is 3.75. The largest absolute Gasteiger partial charge is 0.284 e. The summed E-state index contributed by atoms with van der Waals surface area (Å²) in [6.45, 7) is 13.9. The van der Waals surface area contributed by atoms with Crippen LogP contribution in [0.15, 0.2) is 0 Å². The van der Waals surface area contributed by atoms with E-state index in [-0.39, 0.29) is 0 Å². The van der Waals surface area contributed by atoms with Gasteiger partial charge in [0.05, 0.1) is 6.17 Å². The first kappa shape index (κ1) is 10.0. The predicted molar refractivity (Wildman–Crippen MR) is 53.1 cm³/mol. The Bertz CT molecular complexity index is 127. The van der Waals surface area contributed by atoms with Gasteiger partial charge in [-0.05, 0) is 34.6 Å². The summed E-state index contributed by atoms with van der Waals surface area (Å²) in [5, 5.41) is 0. The van der Waals surface area contributed by atoms with Crippen LogP contribution in [0.4, 0.5) is 0 Å². The molecule has 1 rings (SSSR count). The standard InChI is InChI=1S/C10H22N2/c1-8(2)11-6-7-12(9(3)4)10(11)5/h8-10H,6-7H2,1-5H3. The molecule has 0 spiro atoms. The van der Waals surface area contributed by atoms with E-state index in [1.165, 1.54) is 13.1 Å². The van der Waals surface area contributed by atoms with Crippen LogP contribution >= 0.6 is 0 Å². The Kier molecular flexibility index (Phi) is 3.13. The van der Waals surface area contributed by atoms with Gasteiger partial charge in [-0.2, -0.15) is 0 Å². The van der Waals surface area contributed by atoms with E-state index < -0.39 is 0 Å². The van der Waals surface area contributed by atoms with E-state index in [0.29, 0.717) is 18.2 Å². The smallest absolute Gasteiger partial charge is 0.0598 e. The lowest BCUT2D eigenvalue weighted by molar-refractivity contribution is 0.104. The summed E-state index contributed by atoms with van der Waals surface area (Å²) in [6, 6.07) is 1.37. The van der Waals surface area contributed by atoms with Gasteiger partial charge in [0.2, 0.25) is 0 Å². The fourth-order valence-electron chi connectivity index (χ4n) is 2.17. The van der Waals surface area contributed by atoms with Gasteiger partial charge < -0.3 is 0 Å². The van der Waals surface area contributed by atoms with Crippen molar-refractivity contribution in [1.29, 1.82) is 0 Å². The zero-order valence-corrected chi connectivity index (χ0v) is 9.04. The third kappa shape index (κ3) is 1.80. The van der Waals surface area contributed by atoms with Crippen molar-refractivity contribution in [2.75, 3.05) is 13.1 Å². The van der Waals surface area contributed by atoms with Crippen molar-refractivity contribution in [3.63, 3.8) is 0 Å². The van der Waals surface area contributed by atoms with Crippen LogP contribution in [0.2, 0.25) is 0 Å². The quantitative estimate of drug-likeness (QED) is 0.623. The SMILES string of the molecule is CC(C)N1CCN(C(C)C)C1C. The minimum Gasteiger partial charge on any atom is -0.284 e. The summed E-state index contributed by atoms with van der Waals surface area (Å²) in [5.41, 5.74) is 0. The van der Waals surface area contributed by atoms with Crippen LogP contribution in [0.5, 0.6) is 0 Å². The molecular weight excluding hydrogens is 148 g/mol. The van der Waals surface area contributed by atoms with Crippen molar-refractivity contribution in [3.05, 3.63) is 0 Å². The fourth-order valence-corrected chi connectivity index (χ4v) is 2.17. The Morgan fingerprint density at radius 1 is 0.917 bits per heavy atom. The van der Waals surface area contributed by atoms with E-state index in [0.717, 1.165) is 0 Å². The molecule has 0 atom stereocenters. The topological polar surface area (TPSA) is 6.48 Å². The highest BCUT2D eigenvalue weighted by Crippen LogP contribution is 2.18. The average molecular weight is 170 g/mol. The molecule has 0 aromatic rings. The fraction of sp³-hybridized carbons (Fsp3) is 1.00. The minimum absolute atomic E-state index is 0.630. The van der Waals surface area contributed by atoms with Crippen LogP contribution in [0.1, 0.15) is 34.6 Å². The van der Waals surface area contributed by atoms with Gasteiger partial charge in [-0.15, -0.1) is 0 Å². The minimum atomic E-state index is 0.630. The van der Waals surface area contributed by atoms with Gasteiger partial charge in [0.25, 0.3) is 0 Å². The lowest BCUT2D eigenvalue weighted by atomic mass is 10.3. The Morgan fingerprint density at radius 2 is 1.25 bits per heavy atom. The van der Waals surface area contributed by atoms with Crippen LogP contribution in [0, 0.1) is 0 Å². The lowest BCUT2D eigenvalue weighted by Gasteiger charge is -2.31. The Labute approximate surface area is 76.5 Å². The zero-order valence-electron chi connectivity index (χ0n) is 9.04. The van der Waals surface area contributed by atoms with Gasteiger partial charge in [-0.3, -0.25) is 9.80 Å². The highest BCUT2D eigenvalue weighted by atomic mass is 15.4. The summed E-state index contributed by atoms with van der Waals surface area (Å²) in [6.07, 6.45) is 0.630. The van der Waals surface area contributed by atoms with E-state index in [1.807, 2.05) is 0 Å². The molecule has 0 radical (unpaired) electrons. The summed E-state index contributed by atoms with van der Waals surface area (Å²) in [7, 11) is 0. The van der Waals surface area contributed by atoms with E-state index >= 15 is 0 Å². The third-order valence-electron chi connectivity index (χ3n) is 2.90. The van der Waals surface area contributed by atoms with Gasteiger partial charge in [0, 0.05) is 25.2 Å². The van der Waals surface area contributed by atoms with Gasteiger partial charge in [-0.1, -0.05) is 0 Å². The molecule has 1 fully saturated rings. The van der Waals surface area contributed by atoms with Crippen molar-refractivity contribution < 1.29 is 0 Å². The number of rotatable bonds is 2. The number of nitrogens with zero attached hydrogens (tertiary/aromatic N) is 2. The van der Waals surface area contributed by atoms with Crippen LogP contribution in [0.25, 0.3) is 0 Å². The summed E-state index contributed by atoms with van der Waals surface area (Å²) in [4.78, 5) is 5.11. The Hall–Kier alpha value is -0.0800. The molecule has 12 heavy (non-hydrogen) atoms. The van der Waals surface area contributed by atoms with Crippen molar-refractivity contribution in [2.45, 2.75) is 52.9 Å². The normalized spacial score (nSPS) is 23.2. The first-order valence-electron chi connectivity index (χ1n) is 5.05. The molecule has 0 aliphatic carbocycles. The summed E-state index contributed by atoms with van der Waals surface area (Å²) >= 11 is 0. The number of hydrogen-bond donors (Lipinski definition) is 0. The van der Waals surface area contributed by atoms with Gasteiger partial charge in [0.15, 0.2) is 0 Å². The third-order valence-corrected chi connectivity index (χ3v) is 2.90. The van der Waals surface area contributed by atoms with E-state index in [1.54, 1.807) is 0 Å². The molecule has 0 bridgehead atoms. The molecule has 2 heteroatoms. The van der Waals surface area contributed by atoms with Crippen LogP contribution in [0.3, 0.4) is 0 Å². The van der Waals surface area contributed by atoms with Crippen molar-refractivity contribution in [3.8, 4) is 0 Å². The predicted octanol–water partition coefficient (Wildman–Crippen LogP) is 1.77. The Morgan fingerprint density at radius 3 is 1.42 bits per heavy atom. The van der Waals surface area contributed by atoms with Crippen molar-refractivity contribution >= 4 is 0 Å². The molecular formula is C10H22N2. The van der Waals surface area contributed by atoms with Gasteiger partial charge in [-0.25, -0.2) is 0 Å². The molecule has 1 aliphatic heterocycles. The molecule has 0 saturated carbocycles. The first-order valence-corrected chi connectivity index (χ1v) is 5.05. The lowest BCUT2D eigenvalue weighted by Crippen LogP contribution is -2.42. The van der Waals surface area contributed by atoms with Gasteiger partial charge in [0.1, 0.15) is 0 Å². The van der Waals surface area contributed by atoms with E-state index in [9.17, 15) is 0 Å². The van der Waals surface area contributed by atoms with E-state index in [4.69, 9.17) is 0 Å². The van der Waals surface area contributed by atoms with Gasteiger partial charge >= 0.3 is 0 Å². The highest BCUT2D eigenvalue weighted by molar-refractivity contribution is 4.82. The molecule has 1 aliphatic rings. The molecule has 2 nitrogen and oxygen atoms in total. The maximum absolute atomic E-state index is 2.56. The van der Waals surface area contributed by atoms with Crippen LogP contribution in [-0.4, -0.2) is 41.1 Å². The maximum Gasteiger partial charge on any atom is 0.0598 e. The number of hydrogen-bond acceptors (Lipinski definition) is 2. The molecule has 0 aromatic carbocycles.